The number of piperazine rings is 1. The fourth-order valence-electron chi connectivity index (χ4n) is 2.67. The Morgan fingerprint density at radius 1 is 1.35 bits per heavy atom. The number of hydrogen-bond acceptors (Lipinski definition) is 3. The first-order valence-corrected chi connectivity index (χ1v) is 7.72. The second-order valence-corrected chi connectivity index (χ2v) is 6.14. The number of amides is 2. The van der Waals surface area contributed by atoms with Crippen LogP contribution in [0.3, 0.4) is 0 Å². The van der Waals surface area contributed by atoms with E-state index in [1.54, 1.807) is 28.0 Å². The third-order valence-electron chi connectivity index (χ3n) is 3.91. The van der Waals surface area contributed by atoms with E-state index in [-0.39, 0.29) is 24.4 Å². The number of aromatic nitrogens is 2. The van der Waals surface area contributed by atoms with Crippen molar-refractivity contribution in [2.24, 2.45) is 0 Å². The van der Waals surface area contributed by atoms with Gasteiger partial charge in [0.05, 0.1) is 0 Å². The Hall–Kier alpha value is -2.34. The van der Waals surface area contributed by atoms with Crippen LogP contribution < -0.4 is 4.90 Å². The second-order valence-electron chi connectivity index (χ2n) is 5.70. The number of aryl methyl sites for hydroxylation is 1. The SMILES string of the molecule is Cc1cc(C(=O)N2CC(=O)N(c3ccc(Cl)cc3)C[C@@H]2C)n[nH]1. The lowest BCUT2D eigenvalue weighted by atomic mass is 10.1. The van der Waals surface area contributed by atoms with Crippen LogP contribution in [0.2, 0.25) is 5.02 Å². The number of aromatic amines is 1. The van der Waals surface area contributed by atoms with E-state index in [1.165, 1.54) is 0 Å². The molecule has 3 rings (SSSR count). The van der Waals surface area contributed by atoms with E-state index in [1.807, 2.05) is 26.0 Å². The van der Waals surface area contributed by atoms with Crippen LogP contribution in [0.5, 0.6) is 0 Å². The molecule has 1 aromatic carbocycles. The van der Waals surface area contributed by atoms with Gasteiger partial charge in [-0.2, -0.15) is 5.10 Å². The van der Waals surface area contributed by atoms with E-state index >= 15 is 0 Å². The molecule has 2 amide bonds. The molecule has 0 saturated carbocycles. The molecule has 6 nitrogen and oxygen atoms in total. The summed E-state index contributed by atoms with van der Waals surface area (Å²) in [5.74, 6) is -0.350. The van der Waals surface area contributed by atoms with E-state index in [0.717, 1.165) is 11.4 Å². The number of anilines is 1. The normalized spacial score (nSPS) is 18.4. The van der Waals surface area contributed by atoms with Crippen molar-refractivity contribution in [3.8, 4) is 0 Å². The molecule has 1 atom stereocenters. The summed E-state index contributed by atoms with van der Waals surface area (Å²) in [5, 5.41) is 7.35. The number of nitrogens with one attached hydrogen (secondary N) is 1. The third kappa shape index (κ3) is 3.07. The highest BCUT2D eigenvalue weighted by molar-refractivity contribution is 6.30. The largest absolute Gasteiger partial charge is 0.323 e. The van der Waals surface area contributed by atoms with Gasteiger partial charge < -0.3 is 9.80 Å². The smallest absolute Gasteiger partial charge is 0.275 e. The van der Waals surface area contributed by atoms with Gasteiger partial charge in [-0.15, -0.1) is 0 Å². The van der Waals surface area contributed by atoms with Gasteiger partial charge in [-0.3, -0.25) is 14.7 Å². The molecule has 0 bridgehead atoms. The molecule has 0 aliphatic carbocycles. The highest BCUT2D eigenvalue weighted by atomic mass is 35.5. The molecular weight excluding hydrogens is 316 g/mol. The molecule has 2 heterocycles. The quantitative estimate of drug-likeness (QED) is 0.917. The Balaban J connectivity index is 1.78. The zero-order chi connectivity index (χ0) is 16.6. The van der Waals surface area contributed by atoms with E-state index in [2.05, 4.69) is 10.2 Å². The van der Waals surface area contributed by atoms with Crippen molar-refractivity contribution in [1.29, 1.82) is 0 Å². The number of carbonyl (C=O) groups excluding carboxylic acids is 2. The number of rotatable bonds is 2. The van der Waals surface area contributed by atoms with Gasteiger partial charge in [0.2, 0.25) is 5.91 Å². The molecule has 1 aromatic heterocycles. The molecule has 23 heavy (non-hydrogen) atoms. The lowest BCUT2D eigenvalue weighted by molar-refractivity contribution is -0.121. The maximum Gasteiger partial charge on any atom is 0.275 e. The van der Waals surface area contributed by atoms with Crippen molar-refractivity contribution in [2.45, 2.75) is 19.9 Å². The third-order valence-corrected chi connectivity index (χ3v) is 4.16. The van der Waals surface area contributed by atoms with E-state index in [4.69, 9.17) is 11.6 Å². The summed E-state index contributed by atoms with van der Waals surface area (Å²) in [6.45, 7) is 4.23. The van der Waals surface area contributed by atoms with Crippen LogP contribution in [0.1, 0.15) is 23.1 Å². The van der Waals surface area contributed by atoms with E-state index in [9.17, 15) is 9.59 Å². The van der Waals surface area contributed by atoms with Gasteiger partial charge >= 0.3 is 0 Å². The molecule has 1 saturated heterocycles. The average Bonchev–Trinajstić information content (AvgIpc) is 2.96. The Morgan fingerprint density at radius 3 is 2.65 bits per heavy atom. The first-order valence-electron chi connectivity index (χ1n) is 7.34. The van der Waals surface area contributed by atoms with Crippen LogP contribution in [0.4, 0.5) is 5.69 Å². The lowest BCUT2D eigenvalue weighted by Crippen LogP contribution is -2.57. The molecule has 7 heteroatoms. The van der Waals surface area contributed by atoms with Gasteiger partial charge in [-0.05, 0) is 44.2 Å². The summed E-state index contributed by atoms with van der Waals surface area (Å²) in [5.41, 5.74) is 1.93. The van der Waals surface area contributed by atoms with Crippen LogP contribution >= 0.6 is 11.6 Å². The van der Waals surface area contributed by atoms with Crippen LogP contribution in [-0.2, 0) is 4.79 Å². The minimum absolute atomic E-state index is 0.0362. The van der Waals surface area contributed by atoms with Gasteiger partial charge in [0.25, 0.3) is 5.91 Å². The van der Waals surface area contributed by atoms with E-state index in [0.29, 0.717) is 17.3 Å². The maximum atomic E-state index is 12.5. The van der Waals surface area contributed by atoms with Gasteiger partial charge in [-0.25, -0.2) is 0 Å². The van der Waals surface area contributed by atoms with Crippen molar-refractivity contribution in [3.63, 3.8) is 0 Å². The second kappa shape index (κ2) is 6.04. The summed E-state index contributed by atoms with van der Waals surface area (Å²) in [4.78, 5) is 28.2. The Kier molecular flexibility index (Phi) is 4.09. The number of hydrogen-bond donors (Lipinski definition) is 1. The first kappa shape index (κ1) is 15.6. The monoisotopic (exact) mass is 332 g/mol. The van der Waals surface area contributed by atoms with Gasteiger partial charge in [0.15, 0.2) is 0 Å². The Bertz CT molecular complexity index is 741. The summed E-state index contributed by atoms with van der Waals surface area (Å²) in [6.07, 6.45) is 0. The number of halogens is 1. The highest BCUT2D eigenvalue weighted by Gasteiger charge is 2.34. The molecule has 1 aliphatic heterocycles. The van der Waals surface area contributed by atoms with Crippen LogP contribution in [0.25, 0.3) is 0 Å². The predicted octanol–water partition coefficient (Wildman–Crippen LogP) is 2.25. The average molecular weight is 333 g/mol. The fourth-order valence-corrected chi connectivity index (χ4v) is 2.79. The molecule has 1 N–H and O–H groups in total. The van der Waals surface area contributed by atoms with Gasteiger partial charge in [0, 0.05) is 29.0 Å². The number of carbonyl (C=O) groups is 2. The highest BCUT2D eigenvalue weighted by Crippen LogP contribution is 2.23. The molecule has 1 fully saturated rings. The summed E-state index contributed by atoms with van der Waals surface area (Å²) in [6, 6.07) is 8.69. The van der Waals surface area contributed by atoms with Gasteiger partial charge in [-0.1, -0.05) is 11.6 Å². The van der Waals surface area contributed by atoms with Crippen molar-refractivity contribution in [2.75, 3.05) is 18.0 Å². The Labute approximate surface area is 139 Å². The standard InChI is InChI=1S/C16H17ClN4O2/c1-10-7-14(19-18-10)16(23)20-9-15(22)21(8-11(20)2)13-5-3-12(17)4-6-13/h3-7,11H,8-9H2,1-2H3,(H,18,19)/t11-/m0/s1. The van der Waals surface area contributed by atoms with Crippen LogP contribution in [0.15, 0.2) is 30.3 Å². The Morgan fingerprint density at radius 2 is 2.04 bits per heavy atom. The predicted molar refractivity (Wildman–Crippen MR) is 87.6 cm³/mol. The maximum absolute atomic E-state index is 12.5. The molecule has 0 radical (unpaired) electrons. The summed E-state index contributed by atoms with van der Waals surface area (Å²) in [7, 11) is 0. The first-order chi connectivity index (χ1) is 11.0. The molecular formula is C16H17ClN4O2. The molecule has 0 unspecified atom stereocenters. The van der Waals surface area contributed by atoms with Crippen molar-refractivity contribution >= 4 is 29.1 Å². The zero-order valence-electron chi connectivity index (χ0n) is 12.9. The van der Waals surface area contributed by atoms with E-state index < -0.39 is 0 Å². The number of benzene rings is 1. The lowest BCUT2D eigenvalue weighted by Gasteiger charge is -2.39. The van der Waals surface area contributed by atoms with Crippen molar-refractivity contribution in [3.05, 3.63) is 46.7 Å². The van der Waals surface area contributed by atoms with Crippen molar-refractivity contribution in [1.82, 2.24) is 15.1 Å². The molecule has 1 aliphatic rings. The molecule has 2 aromatic rings. The number of nitrogens with zero attached hydrogens (tertiary/aromatic N) is 3. The molecule has 0 spiro atoms. The summed E-state index contributed by atoms with van der Waals surface area (Å²) >= 11 is 5.88. The summed E-state index contributed by atoms with van der Waals surface area (Å²) < 4.78 is 0. The zero-order valence-corrected chi connectivity index (χ0v) is 13.7. The fraction of sp³-hybridized carbons (Fsp3) is 0.312. The van der Waals surface area contributed by atoms with Crippen LogP contribution in [0, 0.1) is 6.92 Å². The minimum Gasteiger partial charge on any atom is -0.323 e. The van der Waals surface area contributed by atoms with Gasteiger partial charge in [0.1, 0.15) is 12.2 Å². The molecule has 120 valence electrons. The number of H-pyrrole nitrogens is 1. The topological polar surface area (TPSA) is 69.3 Å². The van der Waals surface area contributed by atoms with Crippen molar-refractivity contribution < 1.29 is 9.59 Å². The minimum atomic E-state index is -0.231. The van der Waals surface area contributed by atoms with Crippen LogP contribution in [-0.4, -0.2) is 46.0 Å².